The molecule has 1 aromatic carbocycles. The fourth-order valence-corrected chi connectivity index (χ4v) is 2.52. The zero-order valence-corrected chi connectivity index (χ0v) is 13.2. The second-order valence-electron chi connectivity index (χ2n) is 4.64. The van der Waals surface area contributed by atoms with Crippen LogP contribution in [-0.2, 0) is 10.2 Å². The van der Waals surface area contributed by atoms with Crippen molar-refractivity contribution in [1.82, 2.24) is 13.9 Å². The average molecular weight is 306 g/mol. The van der Waals surface area contributed by atoms with E-state index < -0.39 is 10.2 Å². The third-order valence-electron chi connectivity index (χ3n) is 2.83. The minimum absolute atomic E-state index is 0.122. The number of hydrogen-bond donors (Lipinski definition) is 1. The summed E-state index contributed by atoms with van der Waals surface area (Å²) in [6.45, 7) is 0.261. The normalized spacial score (nSPS) is 14.1. The van der Waals surface area contributed by atoms with Crippen molar-refractivity contribution in [1.29, 1.82) is 0 Å². The minimum atomic E-state index is -3.43. The van der Waals surface area contributed by atoms with Gasteiger partial charge in [0.25, 0.3) is 10.2 Å². The number of benzene rings is 1. The van der Waals surface area contributed by atoms with Crippen LogP contribution < -0.4 is 4.72 Å². The van der Waals surface area contributed by atoms with E-state index in [2.05, 4.69) is 4.72 Å². The van der Waals surface area contributed by atoms with E-state index in [0.717, 1.165) is 9.87 Å². The van der Waals surface area contributed by atoms with Crippen molar-refractivity contribution in [2.24, 2.45) is 0 Å². The molecule has 0 spiro atoms. The molecule has 0 aliphatic rings. The summed E-state index contributed by atoms with van der Waals surface area (Å²) < 4.78 is 27.2. The van der Waals surface area contributed by atoms with Crippen LogP contribution in [0.15, 0.2) is 24.3 Å². The Balaban J connectivity index is 2.90. The Morgan fingerprint density at radius 1 is 1.21 bits per heavy atom. The van der Waals surface area contributed by atoms with Gasteiger partial charge in [-0.15, -0.1) is 0 Å². The van der Waals surface area contributed by atoms with Gasteiger partial charge in [-0.1, -0.05) is 29.8 Å². The van der Waals surface area contributed by atoms with Crippen LogP contribution in [0.25, 0.3) is 0 Å². The second-order valence-corrected chi connectivity index (χ2v) is 7.01. The van der Waals surface area contributed by atoms with Gasteiger partial charge in [-0.25, -0.2) is 4.72 Å². The van der Waals surface area contributed by atoms with Gasteiger partial charge in [-0.2, -0.15) is 12.7 Å². The third kappa shape index (κ3) is 4.43. The molecule has 0 aromatic heterocycles. The number of rotatable bonds is 6. The number of hydrogen-bond acceptors (Lipinski definition) is 3. The van der Waals surface area contributed by atoms with E-state index in [-0.39, 0.29) is 12.6 Å². The van der Waals surface area contributed by atoms with Gasteiger partial charge in [0, 0.05) is 31.7 Å². The maximum absolute atomic E-state index is 11.7. The topological polar surface area (TPSA) is 52.7 Å². The summed E-state index contributed by atoms with van der Waals surface area (Å²) in [5.41, 5.74) is 0.899. The van der Waals surface area contributed by atoms with E-state index in [4.69, 9.17) is 11.6 Å². The maximum atomic E-state index is 11.7. The molecule has 0 aliphatic heterocycles. The summed E-state index contributed by atoms with van der Waals surface area (Å²) in [5, 5.41) is 0.630. The Hall–Kier alpha value is -0.660. The van der Waals surface area contributed by atoms with E-state index in [1.165, 1.54) is 14.1 Å². The van der Waals surface area contributed by atoms with Crippen LogP contribution in [0, 0.1) is 0 Å². The number of nitrogens with zero attached hydrogens (tertiary/aromatic N) is 2. The van der Waals surface area contributed by atoms with E-state index in [0.29, 0.717) is 5.02 Å². The predicted molar refractivity (Wildman–Crippen MR) is 78.5 cm³/mol. The largest absolute Gasteiger partial charge is 0.301 e. The van der Waals surface area contributed by atoms with Crippen molar-refractivity contribution in [3.63, 3.8) is 0 Å². The molecule has 0 radical (unpaired) electrons. The zero-order chi connectivity index (χ0) is 14.6. The lowest BCUT2D eigenvalue weighted by molar-refractivity contribution is 0.298. The molecule has 1 unspecified atom stereocenters. The van der Waals surface area contributed by atoms with E-state index >= 15 is 0 Å². The number of halogens is 1. The van der Waals surface area contributed by atoms with Gasteiger partial charge in [-0.05, 0) is 25.7 Å². The van der Waals surface area contributed by atoms with Crippen molar-refractivity contribution in [2.45, 2.75) is 6.04 Å². The van der Waals surface area contributed by atoms with E-state index in [9.17, 15) is 8.42 Å². The standard InChI is InChI=1S/C12H20ClN3O2S/c1-15(2)12(9-14-19(17,18)16(3)4)10-7-5-6-8-11(10)13/h5-8,12,14H,9H2,1-4H3. The summed E-state index contributed by atoms with van der Waals surface area (Å²) in [6, 6.07) is 7.31. The molecule has 0 saturated carbocycles. The predicted octanol–water partition coefficient (Wildman–Crippen LogP) is 1.34. The Kier molecular flexibility index (Phi) is 5.76. The fraction of sp³-hybridized carbons (Fsp3) is 0.500. The summed E-state index contributed by atoms with van der Waals surface area (Å²) in [6.07, 6.45) is 0. The zero-order valence-electron chi connectivity index (χ0n) is 11.6. The maximum Gasteiger partial charge on any atom is 0.278 e. The van der Waals surface area contributed by atoms with Crippen molar-refractivity contribution in [3.8, 4) is 0 Å². The quantitative estimate of drug-likeness (QED) is 0.863. The molecular weight excluding hydrogens is 286 g/mol. The molecule has 0 bridgehead atoms. The molecule has 1 aromatic rings. The minimum Gasteiger partial charge on any atom is -0.301 e. The van der Waals surface area contributed by atoms with Gasteiger partial charge in [0.15, 0.2) is 0 Å². The van der Waals surface area contributed by atoms with Gasteiger partial charge >= 0.3 is 0 Å². The first-order chi connectivity index (χ1) is 8.75. The third-order valence-corrected chi connectivity index (χ3v) is 4.66. The van der Waals surface area contributed by atoms with Crippen LogP contribution in [0.4, 0.5) is 0 Å². The molecule has 0 fully saturated rings. The molecule has 1 N–H and O–H groups in total. The van der Waals surface area contributed by atoms with Gasteiger partial charge in [0.05, 0.1) is 0 Å². The molecule has 0 aliphatic carbocycles. The summed E-state index contributed by atoms with van der Waals surface area (Å²) >= 11 is 6.16. The van der Waals surface area contributed by atoms with Gasteiger partial charge in [0.2, 0.25) is 0 Å². The second kappa shape index (κ2) is 6.67. The Bertz CT molecular complexity index is 517. The summed E-state index contributed by atoms with van der Waals surface area (Å²) in [5.74, 6) is 0. The molecule has 0 heterocycles. The van der Waals surface area contributed by atoms with Crippen LogP contribution >= 0.6 is 11.6 Å². The summed E-state index contributed by atoms with van der Waals surface area (Å²) in [7, 11) is 3.32. The van der Waals surface area contributed by atoms with Gasteiger partial charge < -0.3 is 4.90 Å². The Morgan fingerprint density at radius 3 is 2.26 bits per heavy atom. The molecule has 5 nitrogen and oxygen atoms in total. The molecule has 7 heteroatoms. The smallest absolute Gasteiger partial charge is 0.278 e. The molecule has 19 heavy (non-hydrogen) atoms. The van der Waals surface area contributed by atoms with Gasteiger partial charge in [-0.3, -0.25) is 0 Å². The van der Waals surface area contributed by atoms with Crippen LogP contribution in [0.5, 0.6) is 0 Å². The lowest BCUT2D eigenvalue weighted by atomic mass is 10.1. The Labute approximate surface area is 120 Å². The first-order valence-electron chi connectivity index (χ1n) is 5.83. The summed E-state index contributed by atoms with van der Waals surface area (Å²) in [4.78, 5) is 1.93. The lowest BCUT2D eigenvalue weighted by Crippen LogP contribution is -2.40. The SMILES string of the molecule is CN(C)C(CNS(=O)(=O)N(C)C)c1ccccc1Cl. The van der Waals surface area contributed by atoms with Crippen molar-refractivity contribution in [3.05, 3.63) is 34.9 Å². The van der Waals surface area contributed by atoms with Gasteiger partial charge in [0.1, 0.15) is 0 Å². The lowest BCUT2D eigenvalue weighted by Gasteiger charge is -2.26. The average Bonchev–Trinajstić information content (AvgIpc) is 2.30. The van der Waals surface area contributed by atoms with Crippen molar-refractivity contribution in [2.75, 3.05) is 34.7 Å². The molecule has 1 rings (SSSR count). The van der Waals surface area contributed by atoms with Crippen LogP contribution in [0.3, 0.4) is 0 Å². The highest BCUT2D eigenvalue weighted by Gasteiger charge is 2.20. The van der Waals surface area contributed by atoms with Crippen LogP contribution in [0.1, 0.15) is 11.6 Å². The first kappa shape index (κ1) is 16.4. The number of nitrogens with one attached hydrogen (secondary N) is 1. The highest BCUT2D eigenvalue weighted by Crippen LogP contribution is 2.25. The number of likely N-dealkylation sites (N-methyl/N-ethyl adjacent to an activating group) is 1. The van der Waals surface area contributed by atoms with Crippen LogP contribution in [0.2, 0.25) is 5.02 Å². The molecular formula is C12H20ClN3O2S. The molecule has 1 atom stereocenters. The monoisotopic (exact) mass is 305 g/mol. The molecule has 108 valence electrons. The van der Waals surface area contributed by atoms with Crippen molar-refractivity contribution >= 4 is 21.8 Å². The first-order valence-corrected chi connectivity index (χ1v) is 7.65. The molecule has 0 amide bonds. The highest BCUT2D eigenvalue weighted by molar-refractivity contribution is 7.87. The van der Waals surface area contributed by atoms with Crippen LogP contribution in [-0.4, -0.2) is 52.4 Å². The molecule has 0 saturated heterocycles. The highest BCUT2D eigenvalue weighted by atomic mass is 35.5. The van der Waals surface area contributed by atoms with E-state index in [1.54, 1.807) is 6.07 Å². The van der Waals surface area contributed by atoms with Crippen molar-refractivity contribution < 1.29 is 8.42 Å². The fourth-order valence-electron chi connectivity index (χ4n) is 1.63. The van der Waals surface area contributed by atoms with E-state index in [1.807, 2.05) is 37.2 Å². The Morgan fingerprint density at radius 2 is 1.79 bits per heavy atom.